The molecule has 0 saturated carbocycles. The Morgan fingerprint density at radius 2 is 2.00 bits per heavy atom. The molecular formula is C6H12F2O. The smallest absolute Gasteiger partial charge is 0.270 e. The molecule has 9 heavy (non-hydrogen) atoms. The molecule has 0 aromatic rings. The van der Waals surface area contributed by atoms with Gasteiger partial charge < -0.3 is 5.11 Å². The summed E-state index contributed by atoms with van der Waals surface area (Å²) in [6.07, 6.45) is -0.712. The van der Waals surface area contributed by atoms with Crippen LogP contribution in [0.5, 0.6) is 0 Å². The summed E-state index contributed by atoms with van der Waals surface area (Å²) in [5, 5.41) is 8.64. The van der Waals surface area contributed by atoms with Crippen LogP contribution in [0.3, 0.4) is 0 Å². The first kappa shape index (κ1) is 8.82. The molecule has 0 aliphatic heterocycles. The Morgan fingerprint density at radius 3 is 2.11 bits per heavy atom. The molecule has 0 aliphatic carbocycles. The summed E-state index contributed by atoms with van der Waals surface area (Å²) in [4.78, 5) is 0. The van der Waals surface area contributed by atoms with Gasteiger partial charge in [0.15, 0.2) is 0 Å². The molecular weight excluding hydrogens is 126 g/mol. The Hall–Kier alpha value is -0.180. The summed E-state index contributed by atoms with van der Waals surface area (Å²) in [5.41, 5.74) is 0. The minimum absolute atomic E-state index is 0.170. The molecule has 0 aromatic carbocycles. The third-order valence-corrected chi connectivity index (χ3v) is 1.15. The highest BCUT2D eigenvalue weighted by molar-refractivity contribution is 4.69. The number of aliphatic hydroxyl groups is 1. The van der Waals surface area contributed by atoms with Gasteiger partial charge in [-0.1, -0.05) is 13.3 Å². The second kappa shape index (κ2) is 3.11. The largest absolute Gasteiger partial charge is 0.387 e. The van der Waals surface area contributed by atoms with Crippen molar-refractivity contribution in [1.29, 1.82) is 0 Å². The van der Waals surface area contributed by atoms with E-state index in [0.29, 0.717) is 6.42 Å². The van der Waals surface area contributed by atoms with Crippen molar-refractivity contribution >= 4 is 0 Å². The number of rotatable bonds is 3. The van der Waals surface area contributed by atoms with Crippen LogP contribution in [-0.4, -0.2) is 17.1 Å². The van der Waals surface area contributed by atoms with Gasteiger partial charge in [-0.2, -0.15) is 0 Å². The quantitative estimate of drug-likeness (QED) is 0.630. The van der Waals surface area contributed by atoms with E-state index in [-0.39, 0.29) is 6.42 Å². The van der Waals surface area contributed by atoms with Crippen LogP contribution in [0.2, 0.25) is 0 Å². The molecule has 56 valence electrons. The molecule has 0 spiro atoms. The average Bonchev–Trinajstić information content (AvgIpc) is 1.64. The maximum atomic E-state index is 12.1. The summed E-state index contributed by atoms with van der Waals surface area (Å²) < 4.78 is 24.1. The molecule has 0 bridgehead atoms. The molecule has 1 unspecified atom stereocenters. The molecule has 0 radical (unpaired) electrons. The highest BCUT2D eigenvalue weighted by Gasteiger charge is 2.30. The van der Waals surface area contributed by atoms with E-state index in [0.717, 1.165) is 6.92 Å². The second-order valence-electron chi connectivity index (χ2n) is 2.26. The normalized spacial score (nSPS) is 15.7. The zero-order chi connectivity index (χ0) is 7.49. The van der Waals surface area contributed by atoms with Crippen molar-refractivity contribution in [2.45, 2.75) is 38.7 Å². The Morgan fingerprint density at radius 1 is 1.56 bits per heavy atom. The first-order valence-electron chi connectivity index (χ1n) is 3.04. The molecule has 3 heteroatoms. The van der Waals surface area contributed by atoms with Crippen LogP contribution >= 0.6 is 0 Å². The zero-order valence-corrected chi connectivity index (χ0v) is 5.69. The van der Waals surface area contributed by atoms with Crippen LogP contribution in [0.4, 0.5) is 8.78 Å². The number of alkyl halides is 2. The lowest BCUT2D eigenvalue weighted by molar-refractivity contribution is -0.0959. The Labute approximate surface area is 53.7 Å². The number of halogens is 2. The van der Waals surface area contributed by atoms with Crippen molar-refractivity contribution in [3.05, 3.63) is 0 Å². The monoisotopic (exact) mass is 138 g/mol. The van der Waals surface area contributed by atoms with E-state index in [1.165, 1.54) is 0 Å². The van der Waals surface area contributed by atoms with Gasteiger partial charge in [0.2, 0.25) is 0 Å². The minimum Gasteiger partial charge on any atom is -0.387 e. The Bertz CT molecular complexity index is 77.6. The van der Waals surface area contributed by atoms with Crippen molar-refractivity contribution in [2.75, 3.05) is 0 Å². The van der Waals surface area contributed by atoms with Gasteiger partial charge in [-0.25, -0.2) is 8.78 Å². The third kappa shape index (κ3) is 3.40. The van der Waals surface area contributed by atoms with Crippen LogP contribution in [0.1, 0.15) is 26.7 Å². The van der Waals surface area contributed by atoms with Crippen molar-refractivity contribution in [3.8, 4) is 0 Å². The van der Waals surface area contributed by atoms with Crippen LogP contribution < -0.4 is 0 Å². The fourth-order valence-electron chi connectivity index (χ4n) is 0.527. The molecule has 0 aromatic heterocycles. The third-order valence-electron chi connectivity index (χ3n) is 1.15. The molecule has 0 saturated heterocycles. The van der Waals surface area contributed by atoms with E-state index in [1.54, 1.807) is 6.92 Å². The topological polar surface area (TPSA) is 20.2 Å². The Balaban J connectivity index is 3.59. The fourth-order valence-corrected chi connectivity index (χ4v) is 0.527. The number of aliphatic hydroxyl groups excluding tert-OH is 1. The Kier molecular flexibility index (Phi) is 3.04. The first-order chi connectivity index (χ1) is 3.98. The van der Waals surface area contributed by atoms with Crippen molar-refractivity contribution in [1.82, 2.24) is 0 Å². The molecule has 1 N–H and O–H groups in total. The van der Waals surface area contributed by atoms with Crippen LogP contribution in [-0.2, 0) is 0 Å². The highest BCUT2D eigenvalue weighted by atomic mass is 19.3. The van der Waals surface area contributed by atoms with E-state index in [2.05, 4.69) is 0 Å². The van der Waals surface area contributed by atoms with E-state index >= 15 is 0 Å². The number of hydrogen-bond acceptors (Lipinski definition) is 1. The second-order valence-corrected chi connectivity index (χ2v) is 2.26. The summed E-state index contributed by atoms with van der Waals surface area (Å²) in [6, 6.07) is 0. The molecule has 0 heterocycles. The van der Waals surface area contributed by atoms with Gasteiger partial charge in [0.05, 0.1) is 0 Å². The van der Waals surface area contributed by atoms with Gasteiger partial charge in [0.25, 0.3) is 5.92 Å². The van der Waals surface area contributed by atoms with Crippen LogP contribution in [0.15, 0.2) is 0 Å². The lowest BCUT2D eigenvalue weighted by Gasteiger charge is -2.16. The lowest BCUT2D eigenvalue weighted by Crippen LogP contribution is -2.29. The molecule has 1 nitrogen and oxygen atoms in total. The predicted octanol–water partition coefficient (Wildman–Crippen LogP) is 1.80. The summed E-state index contributed by atoms with van der Waals surface area (Å²) >= 11 is 0. The maximum Gasteiger partial charge on any atom is 0.270 e. The summed E-state index contributed by atoms with van der Waals surface area (Å²) in [6.45, 7) is 2.49. The standard InChI is InChI=1S/C6H12F2O/c1-3-4-5(9)6(2,7)8/h5,9H,3-4H2,1-2H3. The maximum absolute atomic E-state index is 12.1. The van der Waals surface area contributed by atoms with E-state index in [1.807, 2.05) is 0 Å². The SMILES string of the molecule is CCCC(O)C(C)(F)F. The number of hydrogen-bond donors (Lipinski definition) is 1. The summed E-state index contributed by atoms with van der Waals surface area (Å²) in [5.74, 6) is -2.93. The lowest BCUT2D eigenvalue weighted by atomic mass is 10.1. The predicted molar refractivity (Wildman–Crippen MR) is 31.5 cm³/mol. The van der Waals surface area contributed by atoms with Gasteiger partial charge in [-0.15, -0.1) is 0 Å². The van der Waals surface area contributed by atoms with E-state index in [9.17, 15) is 8.78 Å². The van der Waals surface area contributed by atoms with Gasteiger partial charge in [0, 0.05) is 6.92 Å². The molecule has 0 fully saturated rings. The zero-order valence-electron chi connectivity index (χ0n) is 5.69. The molecule has 0 aliphatic rings. The summed E-state index contributed by atoms with van der Waals surface area (Å²) in [7, 11) is 0. The molecule has 0 amide bonds. The fraction of sp³-hybridized carbons (Fsp3) is 1.00. The molecule has 1 atom stereocenters. The van der Waals surface area contributed by atoms with Crippen molar-refractivity contribution < 1.29 is 13.9 Å². The van der Waals surface area contributed by atoms with Crippen molar-refractivity contribution in [3.63, 3.8) is 0 Å². The highest BCUT2D eigenvalue weighted by Crippen LogP contribution is 2.20. The molecule has 0 rings (SSSR count). The van der Waals surface area contributed by atoms with E-state index < -0.39 is 12.0 Å². The first-order valence-corrected chi connectivity index (χ1v) is 3.04. The van der Waals surface area contributed by atoms with Gasteiger partial charge >= 0.3 is 0 Å². The van der Waals surface area contributed by atoms with Gasteiger partial charge in [-0.05, 0) is 6.42 Å². The van der Waals surface area contributed by atoms with Crippen molar-refractivity contribution in [2.24, 2.45) is 0 Å². The van der Waals surface area contributed by atoms with Crippen LogP contribution in [0.25, 0.3) is 0 Å². The average molecular weight is 138 g/mol. The van der Waals surface area contributed by atoms with Crippen LogP contribution in [0, 0.1) is 0 Å². The van der Waals surface area contributed by atoms with E-state index in [4.69, 9.17) is 5.11 Å². The minimum atomic E-state index is -2.93. The van der Waals surface area contributed by atoms with Gasteiger partial charge in [-0.3, -0.25) is 0 Å². The van der Waals surface area contributed by atoms with Gasteiger partial charge in [0.1, 0.15) is 6.10 Å².